The number of carboxylic acid groups (broad SMARTS) is 1. The molecule has 0 aliphatic rings. The van der Waals surface area contributed by atoms with Crippen LogP contribution in [0.2, 0.25) is 0 Å². The van der Waals surface area contributed by atoms with E-state index in [0.717, 1.165) is 12.8 Å². The summed E-state index contributed by atoms with van der Waals surface area (Å²) in [6, 6.07) is 0. The molecule has 3 nitrogen and oxygen atoms in total. The van der Waals surface area contributed by atoms with Gasteiger partial charge in [0.25, 0.3) is 0 Å². The predicted molar refractivity (Wildman–Crippen MR) is 112 cm³/mol. The molecule has 0 aromatic heterocycles. The van der Waals surface area contributed by atoms with Crippen molar-refractivity contribution in [2.45, 2.75) is 141 Å². The molecule has 1 atom stereocenters. The van der Waals surface area contributed by atoms with Crippen LogP contribution >= 0.6 is 0 Å². The fraction of sp³-hybridized carbons (Fsp3) is 0.957. The summed E-state index contributed by atoms with van der Waals surface area (Å²) >= 11 is 0. The monoisotopic (exact) mass is 370 g/mol. The summed E-state index contributed by atoms with van der Waals surface area (Å²) in [5.41, 5.74) is 0. The van der Waals surface area contributed by atoms with Gasteiger partial charge in [0.2, 0.25) is 0 Å². The Balaban J connectivity index is 3.06. The Labute approximate surface area is 163 Å². The third-order valence-corrected chi connectivity index (χ3v) is 5.30. The van der Waals surface area contributed by atoms with Gasteiger partial charge in [-0.3, -0.25) is 4.79 Å². The van der Waals surface area contributed by atoms with Crippen LogP contribution in [0.15, 0.2) is 0 Å². The van der Waals surface area contributed by atoms with Crippen LogP contribution in [0.1, 0.15) is 135 Å². The minimum absolute atomic E-state index is 0.112. The van der Waals surface area contributed by atoms with Crippen LogP contribution in [0.3, 0.4) is 0 Å². The Morgan fingerprint density at radius 3 is 1.23 bits per heavy atom. The van der Waals surface area contributed by atoms with E-state index in [1.54, 1.807) is 0 Å². The molecular weight excluding hydrogens is 324 g/mol. The van der Waals surface area contributed by atoms with Crippen LogP contribution in [0.25, 0.3) is 0 Å². The number of aliphatic carboxylic acids is 1. The van der Waals surface area contributed by atoms with Gasteiger partial charge >= 0.3 is 5.97 Å². The molecule has 0 saturated heterocycles. The zero-order valence-corrected chi connectivity index (χ0v) is 17.5. The second-order valence-corrected chi connectivity index (χ2v) is 8.05. The summed E-state index contributed by atoms with van der Waals surface area (Å²) in [4.78, 5) is 10.4. The second kappa shape index (κ2) is 20.7. The van der Waals surface area contributed by atoms with Crippen molar-refractivity contribution in [2.75, 3.05) is 0 Å². The van der Waals surface area contributed by atoms with Crippen molar-refractivity contribution in [1.82, 2.24) is 0 Å². The molecule has 3 heteroatoms. The molecule has 0 fully saturated rings. The van der Waals surface area contributed by atoms with Gasteiger partial charge in [-0.05, 0) is 6.42 Å². The first-order chi connectivity index (χ1) is 12.7. The Morgan fingerprint density at radius 1 is 0.615 bits per heavy atom. The van der Waals surface area contributed by atoms with Crippen LogP contribution in [-0.2, 0) is 4.79 Å². The van der Waals surface area contributed by atoms with Crippen LogP contribution in [-0.4, -0.2) is 22.3 Å². The molecule has 0 heterocycles. The lowest BCUT2D eigenvalue weighted by molar-refractivity contribution is -0.139. The SMILES string of the molecule is CCCCCCCCCCCCCCCCCCCCC(O)CC(=O)O. The van der Waals surface area contributed by atoms with Crippen molar-refractivity contribution in [1.29, 1.82) is 0 Å². The van der Waals surface area contributed by atoms with E-state index in [2.05, 4.69) is 6.92 Å². The average Bonchev–Trinajstić information content (AvgIpc) is 2.60. The molecule has 0 rings (SSSR count). The van der Waals surface area contributed by atoms with Crippen molar-refractivity contribution in [2.24, 2.45) is 0 Å². The largest absolute Gasteiger partial charge is 0.481 e. The molecule has 156 valence electrons. The van der Waals surface area contributed by atoms with Gasteiger partial charge in [0.1, 0.15) is 0 Å². The molecule has 0 spiro atoms. The summed E-state index contributed by atoms with van der Waals surface area (Å²) in [5.74, 6) is -0.903. The highest BCUT2D eigenvalue weighted by Crippen LogP contribution is 2.15. The van der Waals surface area contributed by atoms with E-state index >= 15 is 0 Å². The average molecular weight is 371 g/mol. The highest BCUT2D eigenvalue weighted by molar-refractivity contribution is 5.67. The molecule has 0 aromatic carbocycles. The highest BCUT2D eigenvalue weighted by atomic mass is 16.4. The lowest BCUT2D eigenvalue weighted by Crippen LogP contribution is -2.12. The molecule has 26 heavy (non-hydrogen) atoms. The molecular formula is C23H46O3. The molecule has 0 saturated carbocycles. The minimum atomic E-state index is -0.903. The van der Waals surface area contributed by atoms with Crippen molar-refractivity contribution < 1.29 is 15.0 Å². The number of aliphatic hydroxyl groups excluding tert-OH is 1. The number of unbranched alkanes of at least 4 members (excludes halogenated alkanes) is 17. The van der Waals surface area contributed by atoms with Gasteiger partial charge in [-0.25, -0.2) is 0 Å². The van der Waals surface area contributed by atoms with Crippen molar-refractivity contribution >= 4 is 5.97 Å². The maximum Gasteiger partial charge on any atom is 0.305 e. The summed E-state index contributed by atoms with van der Waals surface area (Å²) < 4.78 is 0. The number of carboxylic acids is 1. The lowest BCUT2D eigenvalue weighted by atomic mass is 10.0. The maximum atomic E-state index is 10.4. The van der Waals surface area contributed by atoms with Gasteiger partial charge in [0.15, 0.2) is 0 Å². The minimum Gasteiger partial charge on any atom is -0.481 e. The number of carbonyl (C=O) groups is 1. The van der Waals surface area contributed by atoms with E-state index in [4.69, 9.17) is 5.11 Å². The second-order valence-electron chi connectivity index (χ2n) is 8.05. The third kappa shape index (κ3) is 21.5. The van der Waals surface area contributed by atoms with Gasteiger partial charge in [0, 0.05) is 0 Å². The first-order valence-corrected chi connectivity index (χ1v) is 11.6. The zero-order chi connectivity index (χ0) is 19.3. The first-order valence-electron chi connectivity index (χ1n) is 11.6. The summed E-state index contributed by atoms with van der Waals surface area (Å²) in [7, 11) is 0. The molecule has 0 amide bonds. The topological polar surface area (TPSA) is 57.5 Å². The van der Waals surface area contributed by atoms with Gasteiger partial charge in [-0.1, -0.05) is 122 Å². The van der Waals surface area contributed by atoms with Gasteiger partial charge in [-0.15, -0.1) is 0 Å². The molecule has 0 aliphatic heterocycles. The maximum absolute atomic E-state index is 10.4. The Bertz CT molecular complexity index is 291. The predicted octanol–water partition coefficient (Wildman–Crippen LogP) is 7.25. The summed E-state index contributed by atoms with van der Waals surface area (Å²) in [5, 5.41) is 18.0. The number of hydrogen-bond donors (Lipinski definition) is 2. The van der Waals surface area contributed by atoms with Gasteiger partial charge in [-0.2, -0.15) is 0 Å². The summed E-state index contributed by atoms with van der Waals surface area (Å²) in [6.45, 7) is 2.28. The van der Waals surface area contributed by atoms with E-state index in [0.29, 0.717) is 6.42 Å². The standard InChI is InChI=1S/C23H46O3/c1-2-3-4-5-6-7-8-9-10-11-12-13-14-15-16-17-18-19-20-22(24)21-23(25)26/h22,24H,2-21H2,1H3,(H,25,26). The molecule has 2 N–H and O–H groups in total. The van der Waals surface area contributed by atoms with E-state index in [9.17, 15) is 9.90 Å². The zero-order valence-electron chi connectivity index (χ0n) is 17.5. The number of aliphatic hydroxyl groups is 1. The van der Waals surface area contributed by atoms with Gasteiger partial charge < -0.3 is 10.2 Å². The Morgan fingerprint density at radius 2 is 0.923 bits per heavy atom. The molecule has 0 radical (unpaired) electrons. The highest BCUT2D eigenvalue weighted by Gasteiger charge is 2.08. The summed E-state index contributed by atoms with van der Waals surface area (Å²) in [6.07, 6.45) is 24.1. The fourth-order valence-electron chi connectivity index (χ4n) is 3.59. The fourth-order valence-corrected chi connectivity index (χ4v) is 3.59. The molecule has 1 unspecified atom stereocenters. The lowest BCUT2D eigenvalue weighted by Gasteiger charge is -2.07. The van der Waals surface area contributed by atoms with Crippen molar-refractivity contribution in [3.8, 4) is 0 Å². The van der Waals surface area contributed by atoms with Crippen LogP contribution in [0, 0.1) is 0 Å². The van der Waals surface area contributed by atoms with Crippen molar-refractivity contribution in [3.05, 3.63) is 0 Å². The van der Waals surface area contributed by atoms with E-state index < -0.39 is 12.1 Å². The van der Waals surface area contributed by atoms with E-state index in [1.165, 1.54) is 103 Å². The molecule has 0 aromatic rings. The molecule has 0 bridgehead atoms. The van der Waals surface area contributed by atoms with Crippen LogP contribution < -0.4 is 0 Å². The Hall–Kier alpha value is -0.570. The van der Waals surface area contributed by atoms with E-state index in [-0.39, 0.29) is 6.42 Å². The van der Waals surface area contributed by atoms with Crippen LogP contribution in [0.4, 0.5) is 0 Å². The number of hydrogen-bond acceptors (Lipinski definition) is 2. The Kier molecular flexibility index (Phi) is 20.3. The van der Waals surface area contributed by atoms with E-state index in [1.807, 2.05) is 0 Å². The van der Waals surface area contributed by atoms with Crippen LogP contribution in [0.5, 0.6) is 0 Å². The quantitative estimate of drug-likeness (QED) is 0.209. The van der Waals surface area contributed by atoms with Gasteiger partial charge in [0.05, 0.1) is 12.5 Å². The smallest absolute Gasteiger partial charge is 0.305 e. The molecule has 0 aliphatic carbocycles. The normalized spacial score (nSPS) is 12.4. The number of rotatable bonds is 21. The first kappa shape index (κ1) is 25.4. The van der Waals surface area contributed by atoms with Crippen molar-refractivity contribution in [3.63, 3.8) is 0 Å². The third-order valence-electron chi connectivity index (χ3n) is 5.30.